The zero-order valence-electron chi connectivity index (χ0n) is 17.2. The number of hydrogen-bond acceptors (Lipinski definition) is 3. The summed E-state index contributed by atoms with van der Waals surface area (Å²) >= 11 is 0. The molecule has 3 aliphatic rings. The second kappa shape index (κ2) is 9.41. The summed E-state index contributed by atoms with van der Waals surface area (Å²) in [6, 6.07) is 9.44. The average molecular weight is 384 g/mol. The molecule has 2 saturated heterocycles. The van der Waals surface area contributed by atoms with Gasteiger partial charge in [0, 0.05) is 30.7 Å². The number of rotatable bonds is 8. The number of benzene rings is 1. The van der Waals surface area contributed by atoms with Crippen LogP contribution >= 0.6 is 0 Å². The van der Waals surface area contributed by atoms with Gasteiger partial charge in [-0.3, -0.25) is 9.69 Å². The van der Waals surface area contributed by atoms with Crippen LogP contribution < -0.4 is 11.1 Å². The number of primary amides is 1. The molecular weight excluding hydrogens is 346 g/mol. The Balaban J connectivity index is 1.23. The van der Waals surface area contributed by atoms with Crippen LogP contribution in [0.4, 0.5) is 0 Å². The molecule has 0 radical (unpaired) electrons. The molecule has 28 heavy (non-hydrogen) atoms. The van der Waals surface area contributed by atoms with Gasteiger partial charge in [-0.15, -0.1) is 0 Å². The van der Waals surface area contributed by atoms with E-state index >= 15 is 0 Å². The molecule has 4 rings (SSSR count). The van der Waals surface area contributed by atoms with E-state index < -0.39 is 0 Å². The van der Waals surface area contributed by atoms with E-state index in [-0.39, 0.29) is 5.91 Å². The number of amides is 1. The molecule has 1 aromatic rings. The topological polar surface area (TPSA) is 58.4 Å². The Kier molecular flexibility index (Phi) is 6.69. The quantitative estimate of drug-likeness (QED) is 0.666. The van der Waals surface area contributed by atoms with Crippen molar-refractivity contribution in [2.24, 2.45) is 11.7 Å². The summed E-state index contributed by atoms with van der Waals surface area (Å²) in [4.78, 5) is 14.3. The first kappa shape index (κ1) is 19.9. The predicted molar refractivity (Wildman–Crippen MR) is 115 cm³/mol. The number of piperidine rings is 1. The van der Waals surface area contributed by atoms with Crippen molar-refractivity contribution in [2.45, 2.75) is 82.2 Å². The lowest BCUT2D eigenvalue weighted by Crippen LogP contribution is -2.45. The fourth-order valence-corrected chi connectivity index (χ4v) is 5.97. The molecule has 4 heteroatoms. The summed E-state index contributed by atoms with van der Waals surface area (Å²) in [5.41, 5.74) is 7.43. The molecule has 2 heterocycles. The molecule has 1 amide bonds. The minimum absolute atomic E-state index is 0.318. The molecule has 0 unspecified atom stereocenters. The molecule has 0 spiro atoms. The summed E-state index contributed by atoms with van der Waals surface area (Å²) < 4.78 is 0. The average Bonchev–Trinajstić information content (AvgIpc) is 2.95. The van der Waals surface area contributed by atoms with Crippen molar-refractivity contribution in [1.29, 1.82) is 0 Å². The van der Waals surface area contributed by atoms with Gasteiger partial charge in [-0.2, -0.15) is 0 Å². The third-order valence-corrected chi connectivity index (χ3v) is 7.53. The van der Waals surface area contributed by atoms with E-state index in [1.54, 1.807) is 0 Å². The van der Waals surface area contributed by atoms with Gasteiger partial charge < -0.3 is 11.1 Å². The van der Waals surface area contributed by atoms with Gasteiger partial charge in [0.2, 0.25) is 5.91 Å². The normalized spacial score (nSPS) is 28.5. The highest BCUT2D eigenvalue weighted by atomic mass is 16.1. The lowest BCUT2D eigenvalue weighted by atomic mass is 9.84. The highest BCUT2D eigenvalue weighted by Gasteiger charge is 2.40. The molecule has 3 N–H and O–H groups in total. The highest BCUT2D eigenvalue weighted by Crippen LogP contribution is 2.42. The predicted octanol–water partition coefficient (Wildman–Crippen LogP) is 4.06. The standard InChI is InChI=1S/C24H37N3O/c25-24(28)20-8-4-7-19(15-20)21-16-22-9-10-23(17-21)27(22)14-13-26-12-11-18-5-2-1-3-6-18/h4,7-8,15,18,21-23,26H,1-3,5-6,9-14,16-17H2,(H2,25,28)/t21-,22+,23-. The number of nitrogens with zero attached hydrogens (tertiary/aromatic N) is 1. The zero-order chi connectivity index (χ0) is 19.3. The maximum Gasteiger partial charge on any atom is 0.248 e. The highest BCUT2D eigenvalue weighted by molar-refractivity contribution is 5.92. The van der Waals surface area contributed by atoms with Crippen LogP contribution in [0.2, 0.25) is 0 Å². The van der Waals surface area contributed by atoms with Crippen LogP contribution in [0.15, 0.2) is 24.3 Å². The molecule has 1 aromatic carbocycles. The monoisotopic (exact) mass is 383 g/mol. The van der Waals surface area contributed by atoms with E-state index in [2.05, 4.69) is 16.3 Å². The number of nitrogens with two attached hydrogens (primary N) is 1. The molecule has 2 aliphatic heterocycles. The fraction of sp³-hybridized carbons (Fsp3) is 0.708. The first-order chi connectivity index (χ1) is 13.7. The van der Waals surface area contributed by atoms with Gasteiger partial charge in [0.05, 0.1) is 0 Å². The van der Waals surface area contributed by atoms with E-state index in [1.165, 1.54) is 82.9 Å². The van der Waals surface area contributed by atoms with Crippen LogP contribution in [0.25, 0.3) is 0 Å². The van der Waals surface area contributed by atoms with E-state index in [1.807, 2.05) is 18.2 Å². The molecule has 0 aromatic heterocycles. The van der Waals surface area contributed by atoms with Gasteiger partial charge >= 0.3 is 0 Å². The van der Waals surface area contributed by atoms with Crippen LogP contribution in [0.5, 0.6) is 0 Å². The van der Waals surface area contributed by atoms with Crippen LogP contribution in [0.3, 0.4) is 0 Å². The Labute approximate surface area is 170 Å². The Morgan fingerprint density at radius 2 is 1.79 bits per heavy atom. The van der Waals surface area contributed by atoms with Crippen molar-refractivity contribution in [3.05, 3.63) is 35.4 Å². The van der Waals surface area contributed by atoms with Crippen molar-refractivity contribution in [3.8, 4) is 0 Å². The third-order valence-electron chi connectivity index (χ3n) is 7.53. The van der Waals surface area contributed by atoms with Gasteiger partial charge in [-0.25, -0.2) is 0 Å². The van der Waals surface area contributed by atoms with Crippen LogP contribution in [-0.2, 0) is 0 Å². The minimum atomic E-state index is -0.318. The Morgan fingerprint density at radius 3 is 2.50 bits per heavy atom. The minimum Gasteiger partial charge on any atom is -0.366 e. The lowest BCUT2D eigenvalue weighted by Gasteiger charge is -2.39. The molecule has 1 saturated carbocycles. The Hall–Kier alpha value is -1.39. The van der Waals surface area contributed by atoms with Crippen molar-refractivity contribution in [3.63, 3.8) is 0 Å². The lowest BCUT2D eigenvalue weighted by molar-refractivity contribution is 0.1000. The summed E-state index contributed by atoms with van der Waals surface area (Å²) in [7, 11) is 0. The van der Waals surface area contributed by atoms with Crippen molar-refractivity contribution >= 4 is 5.91 Å². The second-order valence-corrected chi connectivity index (χ2v) is 9.32. The first-order valence-electron chi connectivity index (χ1n) is 11.6. The van der Waals surface area contributed by atoms with Gasteiger partial charge in [-0.05, 0) is 68.2 Å². The first-order valence-corrected chi connectivity index (χ1v) is 11.6. The van der Waals surface area contributed by atoms with Gasteiger partial charge in [0.1, 0.15) is 0 Å². The maximum atomic E-state index is 11.5. The van der Waals surface area contributed by atoms with Gasteiger partial charge in [0.25, 0.3) is 0 Å². The number of hydrogen-bond donors (Lipinski definition) is 2. The molecule has 3 atom stereocenters. The van der Waals surface area contributed by atoms with Crippen LogP contribution in [-0.4, -0.2) is 42.5 Å². The van der Waals surface area contributed by atoms with E-state index in [4.69, 9.17) is 5.73 Å². The smallest absolute Gasteiger partial charge is 0.248 e. The molecular formula is C24H37N3O. The summed E-state index contributed by atoms with van der Waals surface area (Å²) in [6.45, 7) is 3.51. The zero-order valence-corrected chi connectivity index (χ0v) is 17.2. The van der Waals surface area contributed by atoms with E-state index in [0.29, 0.717) is 23.6 Å². The van der Waals surface area contributed by atoms with Crippen molar-refractivity contribution in [2.75, 3.05) is 19.6 Å². The Morgan fingerprint density at radius 1 is 1.04 bits per heavy atom. The van der Waals surface area contributed by atoms with Gasteiger partial charge in [0.15, 0.2) is 0 Å². The Bertz CT molecular complexity index is 641. The maximum absolute atomic E-state index is 11.5. The number of carbonyl (C=O) groups is 1. The molecule has 154 valence electrons. The number of carbonyl (C=O) groups excluding carboxylic acids is 1. The number of fused-ring (bicyclic) bond motifs is 2. The SMILES string of the molecule is NC(=O)c1cccc([C@H]2C[C@H]3CC[C@@H](C2)N3CCNCCC2CCCCC2)c1. The molecule has 1 aliphatic carbocycles. The summed E-state index contributed by atoms with van der Waals surface area (Å²) in [5.74, 6) is 1.23. The molecule has 2 bridgehead atoms. The van der Waals surface area contributed by atoms with Crippen molar-refractivity contribution < 1.29 is 4.79 Å². The van der Waals surface area contributed by atoms with E-state index in [9.17, 15) is 4.79 Å². The second-order valence-electron chi connectivity index (χ2n) is 9.32. The van der Waals surface area contributed by atoms with Crippen LogP contribution in [0.1, 0.15) is 86.0 Å². The van der Waals surface area contributed by atoms with Crippen LogP contribution in [0, 0.1) is 5.92 Å². The van der Waals surface area contributed by atoms with Gasteiger partial charge in [-0.1, -0.05) is 44.2 Å². The fourth-order valence-electron chi connectivity index (χ4n) is 5.97. The number of nitrogens with one attached hydrogen (secondary N) is 1. The molecule has 4 nitrogen and oxygen atoms in total. The van der Waals surface area contributed by atoms with Crippen molar-refractivity contribution in [1.82, 2.24) is 10.2 Å². The molecule has 3 fully saturated rings. The third kappa shape index (κ3) is 4.77. The summed E-state index contributed by atoms with van der Waals surface area (Å²) in [6.07, 6.45) is 13.7. The summed E-state index contributed by atoms with van der Waals surface area (Å²) in [5, 5.41) is 3.72. The van der Waals surface area contributed by atoms with E-state index in [0.717, 1.165) is 12.5 Å². The largest absolute Gasteiger partial charge is 0.366 e.